The SMILES string of the molecule is O=C(O)C(c1ccccc1)c1cncnc1. The third kappa shape index (κ3) is 2.06. The highest BCUT2D eigenvalue weighted by molar-refractivity contribution is 5.80. The molecule has 0 aliphatic rings. The van der Waals surface area contributed by atoms with Crippen molar-refractivity contribution < 1.29 is 9.90 Å². The van der Waals surface area contributed by atoms with Crippen LogP contribution in [0.4, 0.5) is 0 Å². The van der Waals surface area contributed by atoms with Crippen molar-refractivity contribution in [1.29, 1.82) is 0 Å². The number of aromatic nitrogens is 2. The van der Waals surface area contributed by atoms with Gasteiger partial charge in [-0.1, -0.05) is 30.3 Å². The fourth-order valence-corrected chi connectivity index (χ4v) is 1.58. The molecule has 0 saturated carbocycles. The number of carbonyl (C=O) groups is 1. The monoisotopic (exact) mass is 214 g/mol. The molecular formula is C12H10N2O2. The van der Waals surface area contributed by atoms with Crippen LogP contribution in [0.25, 0.3) is 0 Å². The molecule has 0 saturated heterocycles. The quantitative estimate of drug-likeness (QED) is 0.844. The summed E-state index contributed by atoms with van der Waals surface area (Å²) in [5.41, 5.74) is 1.31. The highest BCUT2D eigenvalue weighted by Gasteiger charge is 2.22. The number of nitrogens with zero attached hydrogens (tertiary/aromatic N) is 2. The van der Waals surface area contributed by atoms with E-state index < -0.39 is 11.9 Å². The van der Waals surface area contributed by atoms with Gasteiger partial charge in [0.15, 0.2) is 0 Å². The maximum absolute atomic E-state index is 11.2. The number of carboxylic acids is 1. The lowest BCUT2D eigenvalue weighted by molar-refractivity contribution is -0.137. The number of benzene rings is 1. The second-order valence-electron chi connectivity index (χ2n) is 3.35. The van der Waals surface area contributed by atoms with Crippen LogP contribution in [0.5, 0.6) is 0 Å². The topological polar surface area (TPSA) is 63.1 Å². The Morgan fingerprint density at radius 3 is 2.25 bits per heavy atom. The smallest absolute Gasteiger partial charge is 0.315 e. The highest BCUT2D eigenvalue weighted by Crippen LogP contribution is 2.23. The molecule has 1 atom stereocenters. The van der Waals surface area contributed by atoms with Crippen LogP contribution in [0.1, 0.15) is 17.0 Å². The lowest BCUT2D eigenvalue weighted by atomic mass is 9.94. The number of hydrogen-bond acceptors (Lipinski definition) is 3. The second-order valence-corrected chi connectivity index (χ2v) is 3.35. The van der Waals surface area contributed by atoms with Crippen molar-refractivity contribution in [2.24, 2.45) is 0 Å². The van der Waals surface area contributed by atoms with Crippen molar-refractivity contribution in [3.05, 3.63) is 60.2 Å². The molecule has 2 rings (SSSR count). The molecule has 16 heavy (non-hydrogen) atoms. The number of aliphatic carboxylic acids is 1. The van der Waals surface area contributed by atoms with Gasteiger partial charge in [0.2, 0.25) is 0 Å². The number of hydrogen-bond donors (Lipinski definition) is 1. The average molecular weight is 214 g/mol. The van der Waals surface area contributed by atoms with Crippen molar-refractivity contribution in [2.75, 3.05) is 0 Å². The van der Waals surface area contributed by atoms with Crippen molar-refractivity contribution >= 4 is 5.97 Å². The van der Waals surface area contributed by atoms with Crippen LogP contribution in [0.3, 0.4) is 0 Å². The summed E-state index contributed by atoms with van der Waals surface area (Å²) in [5, 5.41) is 9.22. The summed E-state index contributed by atoms with van der Waals surface area (Å²) in [6, 6.07) is 9.05. The van der Waals surface area contributed by atoms with Crippen LogP contribution >= 0.6 is 0 Å². The van der Waals surface area contributed by atoms with Crippen molar-refractivity contribution in [3.63, 3.8) is 0 Å². The second kappa shape index (κ2) is 4.53. The molecule has 1 aromatic heterocycles. The van der Waals surface area contributed by atoms with E-state index in [1.54, 1.807) is 12.1 Å². The first-order chi connectivity index (χ1) is 7.79. The summed E-state index contributed by atoms with van der Waals surface area (Å²) < 4.78 is 0. The lowest BCUT2D eigenvalue weighted by Gasteiger charge is -2.11. The molecule has 0 bridgehead atoms. The maximum atomic E-state index is 11.2. The molecule has 0 aliphatic heterocycles. The van der Waals surface area contributed by atoms with Crippen LogP contribution in [0.2, 0.25) is 0 Å². The van der Waals surface area contributed by atoms with E-state index in [2.05, 4.69) is 9.97 Å². The highest BCUT2D eigenvalue weighted by atomic mass is 16.4. The van der Waals surface area contributed by atoms with Gasteiger partial charge in [-0.25, -0.2) is 9.97 Å². The summed E-state index contributed by atoms with van der Waals surface area (Å²) in [5.74, 6) is -1.61. The zero-order chi connectivity index (χ0) is 11.4. The van der Waals surface area contributed by atoms with Crippen LogP contribution in [-0.4, -0.2) is 21.0 Å². The Balaban J connectivity index is 2.44. The van der Waals surface area contributed by atoms with E-state index in [0.717, 1.165) is 5.56 Å². The normalized spacial score (nSPS) is 12.0. The first-order valence-corrected chi connectivity index (χ1v) is 4.81. The van der Waals surface area contributed by atoms with Gasteiger partial charge < -0.3 is 5.11 Å². The van der Waals surface area contributed by atoms with Crippen molar-refractivity contribution in [1.82, 2.24) is 9.97 Å². The van der Waals surface area contributed by atoms with Crippen LogP contribution in [-0.2, 0) is 4.79 Å². The molecule has 0 spiro atoms. The zero-order valence-electron chi connectivity index (χ0n) is 8.45. The fourth-order valence-electron chi connectivity index (χ4n) is 1.58. The summed E-state index contributed by atoms with van der Waals surface area (Å²) in [4.78, 5) is 18.9. The Kier molecular flexibility index (Phi) is 2.91. The van der Waals surface area contributed by atoms with Gasteiger partial charge in [0.25, 0.3) is 0 Å². The minimum atomic E-state index is -0.902. The minimum absolute atomic E-state index is 0.584. The number of rotatable bonds is 3. The van der Waals surface area contributed by atoms with Crippen LogP contribution < -0.4 is 0 Å². The molecule has 0 amide bonds. The predicted molar refractivity (Wildman–Crippen MR) is 58.0 cm³/mol. The van der Waals surface area contributed by atoms with Crippen molar-refractivity contribution in [2.45, 2.75) is 5.92 Å². The number of carboxylic acid groups (broad SMARTS) is 1. The van der Waals surface area contributed by atoms with E-state index in [9.17, 15) is 9.90 Å². The van der Waals surface area contributed by atoms with Gasteiger partial charge in [0.1, 0.15) is 12.2 Å². The van der Waals surface area contributed by atoms with Crippen LogP contribution in [0, 0.1) is 0 Å². The van der Waals surface area contributed by atoms with Gasteiger partial charge in [0.05, 0.1) is 0 Å². The molecule has 0 aliphatic carbocycles. The van der Waals surface area contributed by atoms with Gasteiger partial charge in [-0.2, -0.15) is 0 Å². The first-order valence-electron chi connectivity index (χ1n) is 4.81. The van der Waals surface area contributed by atoms with E-state index in [-0.39, 0.29) is 0 Å². The molecular weight excluding hydrogens is 204 g/mol. The molecule has 4 nitrogen and oxygen atoms in total. The third-order valence-corrected chi connectivity index (χ3v) is 2.29. The molecule has 80 valence electrons. The van der Waals surface area contributed by atoms with E-state index >= 15 is 0 Å². The lowest BCUT2D eigenvalue weighted by Crippen LogP contribution is -2.13. The molecule has 1 N–H and O–H groups in total. The Morgan fingerprint density at radius 2 is 1.69 bits per heavy atom. The van der Waals surface area contributed by atoms with E-state index in [1.807, 2.05) is 18.2 Å². The van der Waals surface area contributed by atoms with Gasteiger partial charge in [-0.3, -0.25) is 4.79 Å². The average Bonchev–Trinajstić information content (AvgIpc) is 2.31. The summed E-state index contributed by atoms with van der Waals surface area (Å²) in [6.45, 7) is 0. The molecule has 4 heteroatoms. The van der Waals surface area contributed by atoms with E-state index in [1.165, 1.54) is 18.7 Å². The van der Waals surface area contributed by atoms with Gasteiger partial charge in [0, 0.05) is 18.0 Å². The largest absolute Gasteiger partial charge is 0.481 e. The Hall–Kier alpha value is -2.23. The Bertz CT molecular complexity index is 431. The molecule has 1 heterocycles. The fraction of sp³-hybridized carbons (Fsp3) is 0.0833. The molecule has 1 unspecified atom stereocenters. The Morgan fingerprint density at radius 1 is 1.06 bits per heavy atom. The maximum Gasteiger partial charge on any atom is 0.315 e. The minimum Gasteiger partial charge on any atom is -0.481 e. The van der Waals surface area contributed by atoms with E-state index in [4.69, 9.17) is 0 Å². The summed E-state index contributed by atoms with van der Waals surface area (Å²) in [6.07, 6.45) is 4.44. The first kappa shape index (κ1) is 10.3. The van der Waals surface area contributed by atoms with Crippen molar-refractivity contribution in [3.8, 4) is 0 Å². The van der Waals surface area contributed by atoms with Crippen LogP contribution in [0.15, 0.2) is 49.1 Å². The van der Waals surface area contributed by atoms with Gasteiger partial charge in [-0.15, -0.1) is 0 Å². The zero-order valence-corrected chi connectivity index (χ0v) is 8.45. The van der Waals surface area contributed by atoms with E-state index in [0.29, 0.717) is 5.56 Å². The van der Waals surface area contributed by atoms with Gasteiger partial charge in [-0.05, 0) is 5.56 Å². The summed E-state index contributed by atoms with van der Waals surface area (Å²) >= 11 is 0. The summed E-state index contributed by atoms with van der Waals surface area (Å²) in [7, 11) is 0. The molecule has 2 aromatic rings. The predicted octanol–water partition coefficient (Wildman–Crippen LogP) is 1.69. The van der Waals surface area contributed by atoms with Gasteiger partial charge >= 0.3 is 5.97 Å². The Labute approximate surface area is 92.6 Å². The standard InChI is InChI=1S/C12H10N2O2/c15-12(16)11(9-4-2-1-3-5-9)10-6-13-8-14-7-10/h1-8,11H,(H,15,16). The molecule has 1 aromatic carbocycles. The third-order valence-electron chi connectivity index (χ3n) is 2.29. The molecule has 0 fully saturated rings. The molecule has 0 radical (unpaired) electrons.